The van der Waals surface area contributed by atoms with Gasteiger partial charge in [-0.25, -0.2) is 0 Å². The van der Waals surface area contributed by atoms with Crippen LogP contribution >= 0.6 is 0 Å². The summed E-state index contributed by atoms with van der Waals surface area (Å²) < 4.78 is 0. The van der Waals surface area contributed by atoms with Crippen LogP contribution in [0.1, 0.15) is 6.42 Å². The van der Waals surface area contributed by atoms with Gasteiger partial charge in [-0.2, -0.15) is 0 Å². The summed E-state index contributed by atoms with van der Waals surface area (Å²) in [7, 11) is 4.14. The van der Waals surface area contributed by atoms with Gasteiger partial charge in [0.1, 0.15) is 0 Å². The van der Waals surface area contributed by atoms with Gasteiger partial charge in [-0.3, -0.25) is 0 Å². The molecule has 0 spiro atoms. The van der Waals surface area contributed by atoms with Gasteiger partial charge in [0.25, 0.3) is 0 Å². The van der Waals surface area contributed by atoms with Gasteiger partial charge in [-0.1, -0.05) is 0 Å². The van der Waals surface area contributed by atoms with Crippen molar-refractivity contribution in [1.29, 1.82) is 0 Å². The fourth-order valence-corrected chi connectivity index (χ4v) is 1.33. The molecule has 1 aliphatic rings. The normalized spacial score (nSPS) is 14.9. The Morgan fingerprint density at radius 3 is 2.60 bits per heavy atom. The zero-order valence-electron chi connectivity index (χ0n) is 9.26. The molecule has 0 fully saturated rings. The molecule has 0 bridgehead atoms. The monoisotopic (exact) mass is 207 g/mol. The molecule has 0 saturated carbocycles. The van der Waals surface area contributed by atoms with E-state index in [2.05, 4.69) is 29.1 Å². The summed E-state index contributed by atoms with van der Waals surface area (Å²) in [5, 5.41) is 2.73. The van der Waals surface area contributed by atoms with Gasteiger partial charge in [0.05, 0.1) is 6.20 Å². The number of hydrogen-bond donors (Lipinski definition) is 0. The molecule has 15 heavy (non-hydrogen) atoms. The van der Waals surface area contributed by atoms with Crippen molar-refractivity contribution in [2.24, 2.45) is 5.18 Å². The maximum Gasteiger partial charge on any atom is 0.0788 e. The largest absolute Gasteiger partial charge is 0.354 e. The topological polar surface area (TPSA) is 35.9 Å². The fourth-order valence-electron chi connectivity index (χ4n) is 1.33. The quantitative estimate of drug-likeness (QED) is 0.646. The van der Waals surface area contributed by atoms with E-state index in [1.807, 2.05) is 24.6 Å². The average Bonchev–Trinajstić information content (AvgIpc) is 2.20. The summed E-state index contributed by atoms with van der Waals surface area (Å²) in [6, 6.07) is 0. The van der Waals surface area contributed by atoms with E-state index in [1.54, 1.807) is 0 Å². The molecule has 0 atom stereocenters. The Bertz CT molecular complexity index is 276. The van der Waals surface area contributed by atoms with E-state index in [0.29, 0.717) is 0 Å². The molecule has 0 amide bonds. The van der Waals surface area contributed by atoms with Crippen molar-refractivity contribution in [2.45, 2.75) is 6.42 Å². The Kier molecular flexibility index (Phi) is 4.77. The van der Waals surface area contributed by atoms with Gasteiger partial charge in [-0.15, -0.1) is 4.91 Å². The van der Waals surface area contributed by atoms with Crippen molar-refractivity contribution in [3.63, 3.8) is 0 Å². The minimum Gasteiger partial charge on any atom is -0.354 e. The van der Waals surface area contributed by atoms with E-state index in [9.17, 15) is 4.91 Å². The van der Waals surface area contributed by atoms with Crippen LogP contribution in [0.2, 0.25) is 0 Å². The molecule has 0 saturated heterocycles. The molecule has 4 heteroatoms. The van der Waals surface area contributed by atoms with E-state index < -0.39 is 0 Å². The zero-order valence-corrected chi connectivity index (χ0v) is 9.26. The number of hydrogen-bond acceptors (Lipinski definition) is 4. The Hall–Kier alpha value is -1.42. The predicted octanol–water partition coefficient (Wildman–Crippen LogP) is 1.93. The molecular formula is C11H17N3O. The Morgan fingerprint density at radius 1 is 1.40 bits per heavy atom. The highest BCUT2D eigenvalue weighted by Crippen LogP contribution is 2.09. The van der Waals surface area contributed by atoms with Crippen LogP contribution in [0, 0.1) is 4.91 Å². The van der Waals surface area contributed by atoms with Crippen molar-refractivity contribution >= 4 is 0 Å². The molecular weight excluding hydrogens is 190 g/mol. The van der Waals surface area contributed by atoms with E-state index >= 15 is 0 Å². The summed E-state index contributed by atoms with van der Waals surface area (Å²) in [6.07, 6.45) is 10.1. The highest BCUT2D eigenvalue weighted by molar-refractivity contribution is 5.33. The second-order valence-electron chi connectivity index (χ2n) is 3.76. The van der Waals surface area contributed by atoms with Gasteiger partial charge >= 0.3 is 0 Å². The van der Waals surface area contributed by atoms with Crippen LogP contribution in [0.4, 0.5) is 0 Å². The van der Waals surface area contributed by atoms with Crippen molar-refractivity contribution in [2.75, 3.05) is 27.2 Å². The van der Waals surface area contributed by atoms with E-state index in [4.69, 9.17) is 0 Å². The standard InChI is InChI=1S/C11H17N3O/c1-13(2)6-3-7-14-8-4-11(5-9-14)10-12-15/h4-5,8-10H,3,6-7H2,1-2H3. The van der Waals surface area contributed by atoms with Crippen LogP contribution in [0.15, 0.2) is 41.5 Å². The lowest BCUT2D eigenvalue weighted by Gasteiger charge is -2.19. The molecule has 0 aromatic rings. The second-order valence-corrected chi connectivity index (χ2v) is 3.76. The van der Waals surface area contributed by atoms with Gasteiger partial charge in [-0.05, 0) is 50.0 Å². The Balaban J connectivity index is 2.31. The maximum absolute atomic E-state index is 9.99. The summed E-state index contributed by atoms with van der Waals surface area (Å²) in [5.74, 6) is 0. The third kappa shape index (κ3) is 4.56. The third-order valence-electron chi connectivity index (χ3n) is 2.14. The predicted molar refractivity (Wildman–Crippen MR) is 62.0 cm³/mol. The highest BCUT2D eigenvalue weighted by Gasteiger charge is 2.00. The molecule has 0 unspecified atom stereocenters. The summed E-state index contributed by atoms with van der Waals surface area (Å²) in [5.41, 5.74) is 0.842. The van der Waals surface area contributed by atoms with Crippen molar-refractivity contribution in [3.8, 4) is 0 Å². The first-order valence-electron chi connectivity index (χ1n) is 5.02. The van der Waals surface area contributed by atoms with Crippen LogP contribution in [0.5, 0.6) is 0 Å². The van der Waals surface area contributed by atoms with E-state index in [1.165, 1.54) is 6.20 Å². The molecule has 0 radical (unpaired) electrons. The number of allylic oxidation sites excluding steroid dienone is 3. The molecule has 4 nitrogen and oxygen atoms in total. The molecule has 0 aliphatic carbocycles. The highest BCUT2D eigenvalue weighted by atomic mass is 16.2. The minimum absolute atomic E-state index is 0.842. The number of nitrogens with zero attached hydrogens (tertiary/aromatic N) is 3. The van der Waals surface area contributed by atoms with Gasteiger partial charge < -0.3 is 9.80 Å². The van der Waals surface area contributed by atoms with Crippen LogP contribution < -0.4 is 0 Å². The van der Waals surface area contributed by atoms with Crippen molar-refractivity contribution in [1.82, 2.24) is 9.80 Å². The smallest absolute Gasteiger partial charge is 0.0788 e. The zero-order chi connectivity index (χ0) is 11.1. The second kappa shape index (κ2) is 6.14. The lowest BCUT2D eigenvalue weighted by molar-refractivity contribution is 0.369. The van der Waals surface area contributed by atoms with Gasteiger partial charge in [0, 0.05) is 18.9 Å². The molecule has 0 aromatic carbocycles. The average molecular weight is 207 g/mol. The summed E-state index contributed by atoms with van der Waals surface area (Å²) >= 11 is 0. The molecule has 0 aromatic heterocycles. The van der Waals surface area contributed by atoms with Gasteiger partial charge in [0.2, 0.25) is 0 Å². The lowest BCUT2D eigenvalue weighted by Crippen LogP contribution is -2.20. The van der Waals surface area contributed by atoms with E-state index in [-0.39, 0.29) is 0 Å². The van der Waals surface area contributed by atoms with Crippen molar-refractivity contribution < 1.29 is 0 Å². The molecule has 1 aliphatic heterocycles. The number of rotatable bonds is 5. The number of nitroso groups, excluding NO2 is 1. The summed E-state index contributed by atoms with van der Waals surface area (Å²) in [6.45, 7) is 2.07. The van der Waals surface area contributed by atoms with Crippen molar-refractivity contribution in [3.05, 3.63) is 41.2 Å². The van der Waals surface area contributed by atoms with Crippen LogP contribution in [-0.2, 0) is 0 Å². The van der Waals surface area contributed by atoms with Crippen LogP contribution in [0.3, 0.4) is 0 Å². The summed E-state index contributed by atoms with van der Waals surface area (Å²) in [4.78, 5) is 14.3. The third-order valence-corrected chi connectivity index (χ3v) is 2.14. The first-order chi connectivity index (χ1) is 7.22. The van der Waals surface area contributed by atoms with Crippen LogP contribution in [-0.4, -0.2) is 37.0 Å². The maximum atomic E-state index is 9.99. The molecule has 1 rings (SSSR count). The molecule has 0 N–H and O–H groups in total. The van der Waals surface area contributed by atoms with Gasteiger partial charge in [0.15, 0.2) is 0 Å². The SMILES string of the molecule is CN(C)CCCN1C=CC(=CN=O)C=C1. The fraction of sp³-hybridized carbons (Fsp3) is 0.455. The lowest BCUT2D eigenvalue weighted by atomic mass is 10.2. The molecule has 1 heterocycles. The Labute approximate surface area is 90.5 Å². The van der Waals surface area contributed by atoms with Crippen LogP contribution in [0.25, 0.3) is 0 Å². The first-order valence-corrected chi connectivity index (χ1v) is 5.02. The van der Waals surface area contributed by atoms with E-state index in [0.717, 1.165) is 25.1 Å². The first kappa shape index (κ1) is 11.7. The minimum atomic E-state index is 0.842. The Morgan fingerprint density at radius 2 is 2.07 bits per heavy atom. The molecule has 82 valence electrons.